The summed E-state index contributed by atoms with van der Waals surface area (Å²) in [7, 11) is -7.68. The van der Waals surface area contributed by atoms with Crippen LogP contribution in [0.2, 0.25) is 0 Å². The summed E-state index contributed by atoms with van der Waals surface area (Å²) < 4.78 is 65.4. The highest BCUT2D eigenvalue weighted by atomic mass is 32.2. The van der Waals surface area contributed by atoms with E-state index in [9.17, 15) is 26.0 Å². The number of benzene rings is 1. The number of ether oxygens (including phenoxy) is 1. The van der Waals surface area contributed by atoms with Crippen molar-refractivity contribution in [3.8, 4) is 0 Å². The lowest BCUT2D eigenvalue weighted by Gasteiger charge is -2.09. The fraction of sp³-hybridized carbons (Fsp3) is 0.125. The van der Waals surface area contributed by atoms with Crippen LogP contribution in [0, 0.1) is 5.82 Å². The first-order chi connectivity index (χ1) is 9.03. The summed E-state index contributed by atoms with van der Waals surface area (Å²) in [5.41, 5.74) is -0.439. The van der Waals surface area contributed by atoms with Crippen LogP contribution in [0.4, 0.5) is 14.9 Å². The minimum atomic E-state index is -4.40. The van der Waals surface area contributed by atoms with Crippen molar-refractivity contribution >= 4 is 32.0 Å². The van der Waals surface area contributed by atoms with Gasteiger partial charge in [0.25, 0.3) is 0 Å². The lowest BCUT2D eigenvalue weighted by Crippen LogP contribution is -2.35. The quantitative estimate of drug-likeness (QED) is 0.679. The highest BCUT2D eigenvalue weighted by Crippen LogP contribution is 2.17. The predicted molar refractivity (Wildman–Crippen MR) is 65.9 cm³/mol. The number of halogens is 1. The van der Waals surface area contributed by atoms with Gasteiger partial charge in [-0.1, -0.05) is 0 Å². The molecule has 4 N–H and O–H groups in total. The first-order valence-corrected chi connectivity index (χ1v) is 7.78. The number of amides is 1. The van der Waals surface area contributed by atoms with E-state index in [1.165, 1.54) is 4.72 Å². The van der Waals surface area contributed by atoms with Crippen LogP contribution in [0.15, 0.2) is 23.1 Å². The molecular weight excluding hydrogens is 317 g/mol. The lowest BCUT2D eigenvalue weighted by molar-refractivity contribution is 0.177. The standard InChI is InChI=1S/C8H10FN3O6S2/c1-18-8(13)12-20(16,17)11-6-2-5(9)3-7(4-6)19(10,14)15/h2-4,11H,1H3,(H,12,13)(H2,10,14,15). The second-order valence-corrected chi connectivity index (χ2v) is 6.40. The third kappa shape index (κ3) is 4.64. The van der Waals surface area contributed by atoms with Crippen molar-refractivity contribution in [1.82, 2.24) is 4.72 Å². The van der Waals surface area contributed by atoms with E-state index in [1.54, 1.807) is 4.72 Å². The average Bonchev–Trinajstić information content (AvgIpc) is 2.25. The van der Waals surface area contributed by atoms with Crippen molar-refractivity contribution in [2.75, 3.05) is 11.8 Å². The van der Waals surface area contributed by atoms with Gasteiger partial charge < -0.3 is 4.74 Å². The van der Waals surface area contributed by atoms with E-state index in [0.29, 0.717) is 12.1 Å². The Morgan fingerprint density at radius 1 is 1.25 bits per heavy atom. The number of nitrogens with two attached hydrogens (primary N) is 1. The summed E-state index contributed by atoms with van der Waals surface area (Å²) >= 11 is 0. The smallest absolute Gasteiger partial charge is 0.422 e. The van der Waals surface area contributed by atoms with E-state index in [0.717, 1.165) is 13.2 Å². The van der Waals surface area contributed by atoms with Crippen molar-refractivity contribution in [2.24, 2.45) is 5.14 Å². The summed E-state index contributed by atoms with van der Waals surface area (Å²) in [6.45, 7) is 0. The highest BCUT2D eigenvalue weighted by Gasteiger charge is 2.17. The van der Waals surface area contributed by atoms with Crippen LogP contribution in [0.3, 0.4) is 0 Å². The molecule has 12 heteroatoms. The maximum atomic E-state index is 13.2. The number of hydrogen-bond donors (Lipinski definition) is 3. The Labute approximate surface area is 114 Å². The van der Waals surface area contributed by atoms with Gasteiger partial charge >= 0.3 is 16.3 Å². The van der Waals surface area contributed by atoms with E-state index in [-0.39, 0.29) is 0 Å². The Balaban J connectivity index is 3.11. The van der Waals surface area contributed by atoms with E-state index < -0.39 is 42.7 Å². The van der Waals surface area contributed by atoms with Gasteiger partial charge in [0, 0.05) is 0 Å². The summed E-state index contributed by atoms with van der Waals surface area (Å²) in [6, 6.07) is 2.10. The van der Waals surface area contributed by atoms with Gasteiger partial charge in [-0.2, -0.15) is 8.42 Å². The van der Waals surface area contributed by atoms with Crippen molar-refractivity contribution < 1.29 is 30.8 Å². The minimum Gasteiger partial charge on any atom is -0.452 e. The lowest BCUT2D eigenvalue weighted by atomic mass is 10.3. The summed E-state index contributed by atoms with van der Waals surface area (Å²) in [5.74, 6) is -1.03. The van der Waals surface area contributed by atoms with Gasteiger partial charge in [0.15, 0.2) is 0 Å². The molecule has 0 atom stereocenters. The maximum Gasteiger partial charge on any atom is 0.422 e. The number of sulfonamides is 1. The molecule has 0 saturated heterocycles. The van der Waals surface area contributed by atoms with Crippen LogP contribution in [-0.4, -0.2) is 30.0 Å². The molecular formula is C8H10FN3O6S2. The van der Waals surface area contributed by atoms with Crippen molar-refractivity contribution in [3.05, 3.63) is 24.0 Å². The number of carbonyl (C=O) groups excluding carboxylic acids is 1. The second kappa shape index (κ2) is 5.60. The van der Waals surface area contributed by atoms with Crippen molar-refractivity contribution in [2.45, 2.75) is 4.90 Å². The molecule has 9 nitrogen and oxygen atoms in total. The SMILES string of the molecule is COC(=O)NS(=O)(=O)Nc1cc(F)cc(S(N)(=O)=O)c1. The zero-order valence-corrected chi connectivity index (χ0v) is 11.6. The number of rotatable bonds is 4. The van der Waals surface area contributed by atoms with Crippen molar-refractivity contribution in [1.29, 1.82) is 0 Å². The third-order valence-corrected chi connectivity index (χ3v) is 3.69. The zero-order valence-electron chi connectivity index (χ0n) is 9.95. The van der Waals surface area contributed by atoms with Crippen LogP contribution in [0.5, 0.6) is 0 Å². The first-order valence-electron chi connectivity index (χ1n) is 4.75. The van der Waals surface area contributed by atoms with Gasteiger partial charge in [0.2, 0.25) is 10.0 Å². The van der Waals surface area contributed by atoms with Gasteiger partial charge in [0.1, 0.15) is 5.82 Å². The molecule has 0 heterocycles. The van der Waals surface area contributed by atoms with Gasteiger partial charge in [-0.15, -0.1) is 0 Å². The van der Waals surface area contributed by atoms with E-state index in [4.69, 9.17) is 5.14 Å². The molecule has 0 aliphatic carbocycles. The summed E-state index contributed by atoms with van der Waals surface area (Å²) in [5, 5.41) is 4.80. The Morgan fingerprint density at radius 2 is 1.85 bits per heavy atom. The fourth-order valence-corrected chi connectivity index (χ4v) is 2.47. The van der Waals surface area contributed by atoms with E-state index in [2.05, 4.69) is 4.74 Å². The molecule has 20 heavy (non-hydrogen) atoms. The fourth-order valence-electron chi connectivity index (χ4n) is 1.12. The molecule has 0 radical (unpaired) electrons. The maximum absolute atomic E-state index is 13.2. The number of carbonyl (C=O) groups is 1. The number of hydrogen-bond acceptors (Lipinski definition) is 6. The highest BCUT2D eigenvalue weighted by molar-refractivity contribution is 7.91. The number of primary sulfonamides is 1. The van der Waals surface area contributed by atoms with E-state index in [1.807, 2.05) is 0 Å². The molecule has 1 aromatic rings. The number of anilines is 1. The van der Waals surface area contributed by atoms with Crippen LogP contribution >= 0.6 is 0 Å². The third-order valence-electron chi connectivity index (χ3n) is 1.86. The number of methoxy groups -OCH3 is 1. The van der Waals surface area contributed by atoms with Gasteiger partial charge in [-0.3, -0.25) is 4.72 Å². The second-order valence-electron chi connectivity index (χ2n) is 3.42. The molecule has 0 fully saturated rings. The van der Waals surface area contributed by atoms with Crippen LogP contribution in [0.25, 0.3) is 0 Å². The normalized spacial score (nSPS) is 11.8. The monoisotopic (exact) mass is 327 g/mol. The molecule has 0 bridgehead atoms. The predicted octanol–water partition coefficient (Wildman–Crippen LogP) is -0.514. The van der Waals surface area contributed by atoms with Crippen LogP contribution < -0.4 is 14.6 Å². The molecule has 1 aromatic carbocycles. The molecule has 0 aliphatic rings. The zero-order chi connectivity index (χ0) is 15.6. The van der Waals surface area contributed by atoms with Crippen LogP contribution in [0.1, 0.15) is 0 Å². The molecule has 0 unspecified atom stereocenters. The van der Waals surface area contributed by atoms with Gasteiger partial charge in [0.05, 0.1) is 17.7 Å². The molecule has 112 valence electrons. The Morgan fingerprint density at radius 3 is 2.35 bits per heavy atom. The molecule has 1 amide bonds. The average molecular weight is 327 g/mol. The summed E-state index contributed by atoms with van der Waals surface area (Å²) in [6.07, 6.45) is -1.28. The molecule has 0 aliphatic heterocycles. The Bertz CT molecular complexity index is 731. The largest absolute Gasteiger partial charge is 0.452 e. The Hall–Kier alpha value is -1.92. The molecule has 0 spiro atoms. The number of nitrogens with one attached hydrogen (secondary N) is 2. The summed E-state index contributed by atoms with van der Waals surface area (Å²) in [4.78, 5) is 10.1. The van der Waals surface area contributed by atoms with E-state index >= 15 is 0 Å². The Kier molecular flexibility index (Phi) is 4.52. The van der Waals surface area contributed by atoms with Gasteiger partial charge in [-0.05, 0) is 18.2 Å². The first kappa shape index (κ1) is 16.1. The molecule has 1 rings (SSSR count). The minimum absolute atomic E-state index is 0.439. The van der Waals surface area contributed by atoms with Crippen molar-refractivity contribution in [3.63, 3.8) is 0 Å². The molecule has 0 saturated carbocycles. The molecule has 0 aromatic heterocycles. The van der Waals surface area contributed by atoms with Crippen LogP contribution in [-0.2, 0) is 25.0 Å². The van der Waals surface area contributed by atoms with Gasteiger partial charge in [-0.25, -0.2) is 27.5 Å². The topological polar surface area (TPSA) is 145 Å².